The first-order chi connectivity index (χ1) is 19.1. The molecule has 2 aliphatic heterocycles. The molecule has 4 rings (SSSR count). The molecule has 1 aromatic heterocycles. The summed E-state index contributed by atoms with van der Waals surface area (Å²) in [5, 5.41) is 27.1. The number of nitrogens with one attached hydrogen (secondary N) is 2. The Morgan fingerprint density at radius 2 is 1.90 bits per heavy atom. The van der Waals surface area contributed by atoms with Gasteiger partial charge in [0.1, 0.15) is 17.8 Å². The summed E-state index contributed by atoms with van der Waals surface area (Å²) >= 11 is 0. The van der Waals surface area contributed by atoms with Crippen molar-refractivity contribution in [2.45, 2.75) is 63.4 Å². The number of phenolic OH excluding ortho intramolecular Hbond substituents is 1. The van der Waals surface area contributed by atoms with Gasteiger partial charge in [0, 0.05) is 32.5 Å². The number of carbonyl (C=O) groups is 4. The van der Waals surface area contributed by atoms with Crippen molar-refractivity contribution >= 4 is 23.5 Å². The number of aromatic nitrogens is 1. The molecule has 3 heterocycles. The van der Waals surface area contributed by atoms with E-state index in [9.17, 15) is 29.4 Å². The number of benzene rings is 1. The molecule has 2 fully saturated rings. The first-order valence-electron chi connectivity index (χ1n) is 13.5. The number of nitrogens with zero attached hydrogens (tertiary/aromatic N) is 2. The van der Waals surface area contributed by atoms with Crippen LogP contribution in [-0.2, 0) is 25.5 Å². The van der Waals surface area contributed by atoms with Crippen LogP contribution in [0.4, 0.5) is 0 Å². The molecule has 0 aliphatic carbocycles. The van der Waals surface area contributed by atoms with Crippen molar-refractivity contribution in [2.24, 2.45) is 11.8 Å². The first-order valence-corrected chi connectivity index (χ1v) is 13.5. The van der Waals surface area contributed by atoms with E-state index in [1.165, 1.54) is 24.1 Å². The Labute approximate surface area is 232 Å². The molecule has 0 bridgehead atoms. The second-order valence-corrected chi connectivity index (χ2v) is 10.7. The maximum Gasteiger partial charge on any atom is 0.255 e. The number of phenols is 1. The number of likely N-dealkylation sites (N-methyl/N-ethyl adjacent to an activating group) is 1. The molecule has 1 aromatic carbocycles. The summed E-state index contributed by atoms with van der Waals surface area (Å²) in [5.41, 5.74) is 0.706. The zero-order valence-electron chi connectivity index (χ0n) is 22.8. The molecule has 4 N–H and O–H groups in total. The highest BCUT2D eigenvalue weighted by Gasteiger charge is 2.44. The molecular formula is C29H36N4O7. The van der Waals surface area contributed by atoms with Gasteiger partial charge >= 0.3 is 0 Å². The number of ether oxygens (including phenoxy) is 1. The second-order valence-electron chi connectivity index (χ2n) is 10.7. The number of amides is 3. The van der Waals surface area contributed by atoms with Crippen molar-refractivity contribution in [1.82, 2.24) is 20.5 Å². The minimum Gasteiger partial charge on any atom is -0.507 e. The maximum absolute atomic E-state index is 13.7. The largest absolute Gasteiger partial charge is 0.507 e. The van der Waals surface area contributed by atoms with Gasteiger partial charge in [0.2, 0.25) is 11.8 Å². The van der Waals surface area contributed by atoms with Crippen molar-refractivity contribution in [1.29, 1.82) is 0 Å². The molecule has 214 valence electrons. The van der Waals surface area contributed by atoms with E-state index in [1.54, 1.807) is 50.5 Å². The number of hydrogen-bond acceptors (Lipinski definition) is 8. The van der Waals surface area contributed by atoms with Gasteiger partial charge in [-0.05, 0) is 42.5 Å². The van der Waals surface area contributed by atoms with Crippen LogP contribution >= 0.6 is 0 Å². The van der Waals surface area contributed by atoms with Crippen LogP contribution < -0.4 is 10.6 Å². The molecule has 2 saturated heterocycles. The van der Waals surface area contributed by atoms with Crippen LogP contribution in [0, 0.1) is 11.8 Å². The quantitative estimate of drug-likeness (QED) is 0.425. The summed E-state index contributed by atoms with van der Waals surface area (Å²) in [5.74, 6) is -3.97. The monoisotopic (exact) mass is 552 g/mol. The molecule has 11 nitrogen and oxygen atoms in total. The van der Waals surface area contributed by atoms with Gasteiger partial charge in [0.25, 0.3) is 5.91 Å². The summed E-state index contributed by atoms with van der Waals surface area (Å²) in [4.78, 5) is 59.3. The standard InChI is InChI=1S/C29H36N4O7/c1-16-13-22(35)25(23-10-12-40-23)33(3)29(39)17(2)26(36)20(14-18-7-6-11-30-15-18)31-28(38)24(16)32-27(37)19-8-4-5-9-21(19)34/h4-9,11,15-17,20,23-26,34,36H,10,12-14H2,1-3H3,(H,31,38)(H,32,37)/t16-,17+,20-,23?,24-,25?,26-/m0/s1. The van der Waals surface area contributed by atoms with Crippen LogP contribution in [-0.4, -0.2) is 87.6 Å². The highest BCUT2D eigenvalue weighted by atomic mass is 16.5. The molecule has 0 spiro atoms. The number of Topliss-reactive ketones (excluding diaryl/α,β-unsaturated/α-hetero) is 1. The molecule has 2 aromatic rings. The fourth-order valence-electron chi connectivity index (χ4n) is 5.34. The number of para-hydroxylation sites is 1. The number of pyridine rings is 1. The average molecular weight is 553 g/mol. The van der Waals surface area contributed by atoms with E-state index in [-0.39, 0.29) is 29.9 Å². The zero-order valence-corrected chi connectivity index (χ0v) is 22.8. The van der Waals surface area contributed by atoms with Crippen LogP contribution in [0.5, 0.6) is 5.75 Å². The molecule has 2 aliphatic rings. The Bertz CT molecular complexity index is 1240. The van der Waals surface area contributed by atoms with Crippen LogP contribution in [0.3, 0.4) is 0 Å². The van der Waals surface area contributed by atoms with Gasteiger partial charge in [-0.1, -0.05) is 32.0 Å². The summed E-state index contributed by atoms with van der Waals surface area (Å²) in [7, 11) is 1.53. The fraction of sp³-hybridized carbons (Fsp3) is 0.483. The molecule has 2 unspecified atom stereocenters. The lowest BCUT2D eigenvalue weighted by Gasteiger charge is -2.41. The second kappa shape index (κ2) is 12.6. The van der Waals surface area contributed by atoms with Gasteiger partial charge < -0.3 is 30.5 Å². The van der Waals surface area contributed by atoms with Crippen LogP contribution in [0.25, 0.3) is 0 Å². The van der Waals surface area contributed by atoms with Gasteiger partial charge in [-0.3, -0.25) is 24.2 Å². The summed E-state index contributed by atoms with van der Waals surface area (Å²) in [6.45, 7) is 3.69. The van der Waals surface area contributed by atoms with E-state index in [1.807, 2.05) is 0 Å². The van der Waals surface area contributed by atoms with Crippen LogP contribution in [0.2, 0.25) is 0 Å². The maximum atomic E-state index is 13.7. The topological polar surface area (TPSA) is 158 Å². The lowest BCUT2D eigenvalue weighted by Crippen LogP contribution is -2.61. The first kappa shape index (κ1) is 29.2. The molecular weight excluding hydrogens is 516 g/mol. The third-order valence-electron chi connectivity index (χ3n) is 7.81. The SMILES string of the molecule is C[C@H]1CC(=O)C(C2CCO2)N(C)C(=O)[C@H](C)[C@H](O)[C@H](Cc2cccnc2)NC(=O)[C@H]1NC(=O)c1ccccc1O. The van der Waals surface area contributed by atoms with Crippen LogP contribution in [0.15, 0.2) is 48.8 Å². The lowest BCUT2D eigenvalue weighted by molar-refractivity contribution is -0.158. The van der Waals surface area contributed by atoms with Crippen molar-refractivity contribution < 1.29 is 34.1 Å². The number of ketones is 1. The molecule has 3 amide bonds. The number of rotatable bonds is 5. The van der Waals surface area contributed by atoms with E-state index in [0.717, 1.165) is 5.56 Å². The van der Waals surface area contributed by atoms with Gasteiger partial charge in [-0.25, -0.2) is 0 Å². The Morgan fingerprint density at radius 1 is 1.18 bits per heavy atom. The lowest BCUT2D eigenvalue weighted by atomic mass is 9.86. The summed E-state index contributed by atoms with van der Waals surface area (Å²) in [6.07, 6.45) is 2.05. The van der Waals surface area contributed by atoms with Gasteiger partial charge in [-0.2, -0.15) is 0 Å². The van der Waals surface area contributed by atoms with Gasteiger partial charge in [-0.15, -0.1) is 0 Å². The van der Waals surface area contributed by atoms with Gasteiger partial charge in [0.15, 0.2) is 5.78 Å². The van der Waals surface area contributed by atoms with Crippen molar-refractivity contribution in [3.05, 3.63) is 59.9 Å². The molecule has 40 heavy (non-hydrogen) atoms. The fourth-order valence-corrected chi connectivity index (χ4v) is 5.34. The van der Waals surface area contributed by atoms with Crippen molar-refractivity contribution in [3.8, 4) is 5.75 Å². The van der Waals surface area contributed by atoms with E-state index in [2.05, 4.69) is 15.6 Å². The molecule has 0 saturated carbocycles. The smallest absolute Gasteiger partial charge is 0.255 e. The highest BCUT2D eigenvalue weighted by molar-refractivity contribution is 6.00. The normalized spacial score (nSPS) is 29.9. The number of aliphatic hydroxyl groups is 1. The zero-order chi connectivity index (χ0) is 29.0. The highest BCUT2D eigenvalue weighted by Crippen LogP contribution is 2.27. The average Bonchev–Trinajstić information content (AvgIpc) is 2.91. The van der Waals surface area contributed by atoms with Gasteiger partial charge in [0.05, 0.1) is 29.7 Å². The minimum atomic E-state index is -1.32. The Balaban J connectivity index is 1.70. The number of aromatic hydroxyl groups is 1. The van der Waals surface area contributed by atoms with Crippen molar-refractivity contribution in [3.63, 3.8) is 0 Å². The van der Waals surface area contributed by atoms with Crippen molar-refractivity contribution in [2.75, 3.05) is 13.7 Å². The van der Waals surface area contributed by atoms with E-state index >= 15 is 0 Å². The Hall–Kier alpha value is -3.83. The Kier molecular flexibility index (Phi) is 9.16. The summed E-state index contributed by atoms with van der Waals surface area (Å²) < 4.78 is 5.60. The summed E-state index contributed by atoms with van der Waals surface area (Å²) in [6, 6.07) is 6.48. The molecule has 11 heteroatoms. The molecule has 0 radical (unpaired) electrons. The predicted octanol–water partition coefficient (Wildman–Crippen LogP) is 0.835. The van der Waals surface area contributed by atoms with E-state index in [4.69, 9.17) is 4.74 Å². The number of carbonyl (C=O) groups excluding carboxylic acids is 4. The van der Waals surface area contributed by atoms with Crippen LogP contribution in [0.1, 0.15) is 42.6 Å². The number of aliphatic hydroxyl groups excluding tert-OH is 1. The van der Waals surface area contributed by atoms with E-state index < -0.39 is 59.9 Å². The minimum absolute atomic E-state index is 0.0217. The number of hydrogen-bond donors (Lipinski definition) is 4. The third kappa shape index (κ3) is 6.31. The predicted molar refractivity (Wildman–Crippen MR) is 144 cm³/mol. The molecule has 7 atom stereocenters. The van der Waals surface area contributed by atoms with E-state index in [0.29, 0.717) is 13.0 Å². The Morgan fingerprint density at radius 3 is 2.52 bits per heavy atom. The third-order valence-corrected chi connectivity index (χ3v) is 7.81.